The van der Waals surface area contributed by atoms with E-state index in [2.05, 4.69) is 0 Å². The lowest BCUT2D eigenvalue weighted by molar-refractivity contribution is 0.300. The second-order valence-corrected chi connectivity index (χ2v) is 4.29. The first-order valence-electron chi connectivity index (χ1n) is 5.91. The summed E-state index contributed by atoms with van der Waals surface area (Å²) in [6, 6.07) is 10.2. The van der Waals surface area contributed by atoms with E-state index in [1.807, 2.05) is 19.1 Å². The van der Waals surface area contributed by atoms with Crippen LogP contribution in [-0.2, 0) is 6.61 Å². The van der Waals surface area contributed by atoms with Gasteiger partial charge in [-0.15, -0.1) is 0 Å². The van der Waals surface area contributed by atoms with Crippen molar-refractivity contribution in [1.29, 1.82) is 0 Å². The number of nitrogen functional groups attached to an aromatic ring is 1. The second-order valence-electron chi connectivity index (χ2n) is 4.29. The highest BCUT2D eigenvalue weighted by molar-refractivity contribution is 5.53. The lowest BCUT2D eigenvalue weighted by Crippen LogP contribution is -2.01. The Morgan fingerprint density at radius 1 is 1.16 bits per heavy atom. The van der Waals surface area contributed by atoms with E-state index < -0.39 is 0 Å². The molecule has 2 aromatic carbocycles. The highest BCUT2D eigenvalue weighted by Gasteiger charge is 2.06. The van der Waals surface area contributed by atoms with Gasteiger partial charge in [-0.3, -0.25) is 0 Å². The van der Waals surface area contributed by atoms with E-state index in [9.17, 15) is 4.39 Å². The molecule has 0 heterocycles. The first-order valence-corrected chi connectivity index (χ1v) is 5.91. The smallest absolute Gasteiger partial charge is 0.142 e. The third-order valence-electron chi connectivity index (χ3n) is 2.81. The summed E-state index contributed by atoms with van der Waals surface area (Å²) in [7, 11) is 1.50. The Labute approximate surface area is 111 Å². The molecular weight excluding hydrogens is 245 g/mol. The van der Waals surface area contributed by atoms with Gasteiger partial charge in [0.25, 0.3) is 0 Å². The van der Waals surface area contributed by atoms with Gasteiger partial charge in [0.1, 0.15) is 23.9 Å². The van der Waals surface area contributed by atoms with Crippen molar-refractivity contribution < 1.29 is 13.9 Å². The minimum atomic E-state index is -0.356. The molecule has 0 saturated heterocycles. The predicted molar refractivity (Wildman–Crippen MR) is 72.9 cm³/mol. The van der Waals surface area contributed by atoms with Crippen molar-refractivity contribution in [2.75, 3.05) is 12.8 Å². The summed E-state index contributed by atoms with van der Waals surface area (Å²) in [6.07, 6.45) is 0. The summed E-state index contributed by atoms with van der Waals surface area (Å²) in [6.45, 7) is 2.07. The van der Waals surface area contributed by atoms with E-state index in [0.29, 0.717) is 22.7 Å². The van der Waals surface area contributed by atoms with Crippen LogP contribution in [0, 0.1) is 12.7 Å². The summed E-state index contributed by atoms with van der Waals surface area (Å²) in [5, 5.41) is 0. The Hall–Kier alpha value is -2.23. The maximum Gasteiger partial charge on any atom is 0.142 e. The Balaban J connectivity index is 2.12. The molecule has 2 rings (SSSR count). The molecule has 0 unspecified atom stereocenters. The summed E-state index contributed by atoms with van der Waals surface area (Å²) < 4.78 is 24.2. The number of anilines is 1. The monoisotopic (exact) mass is 261 g/mol. The van der Waals surface area contributed by atoms with Gasteiger partial charge in [-0.25, -0.2) is 4.39 Å². The highest BCUT2D eigenvalue weighted by atomic mass is 19.1. The molecule has 0 aliphatic rings. The number of aryl methyl sites for hydroxylation is 1. The maximum atomic E-state index is 13.7. The molecule has 19 heavy (non-hydrogen) atoms. The Morgan fingerprint density at radius 2 is 1.95 bits per heavy atom. The van der Waals surface area contributed by atoms with Crippen LogP contribution >= 0.6 is 0 Å². The summed E-state index contributed by atoms with van der Waals surface area (Å²) in [5.41, 5.74) is 7.84. The number of hydrogen-bond acceptors (Lipinski definition) is 3. The minimum absolute atomic E-state index is 0.128. The molecule has 0 aliphatic carbocycles. The van der Waals surface area contributed by atoms with E-state index in [0.717, 1.165) is 5.56 Å². The molecule has 0 aliphatic heterocycles. The molecule has 100 valence electrons. The number of rotatable bonds is 4. The fourth-order valence-corrected chi connectivity index (χ4v) is 1.69. The van der Waals surface area contributed by atoms with Gasteiger partial charge in [0, 0.05) is 11.6 Å². The molecule has 0 bridgehead atoms. The summed E-state index contributed by atoms with van der Waals surface area (Å²) >= 11 is 0. The quantitative estimate of drug-likeness (QED) is 0.859. The molecule has 4 heteroatoms. The normalized spacial score (nSPS) is 10.3. The number of hydrogen-bond donors (Lipinski definition) is 1. The van der Waals surface area contributed by atoms with Crippen molar-refractivity contribution in [3.63, 3.8) is 0 Å². The van der Waals surface area contributed by atoms with Crippen LogP contribution in [-0.4, -0.2) is 7.11 Å². The molecule has 0 spiro atoms. The second kappa shape index (κ2) is 5.61. The average molecular weight is 261 g/mol. The zero-order valence-corrected chi connectivity index (χ0v) is 10.9. The third kappa shape index (κ3) is 3.16. The van der Waals surface area contributed by atoms with Gasteiger partial charge in [-0.2, -0.15) is 0 Å². The van der Waals surface area contributed by atoms with E-state index >= 15 is 0 Å². The molecule has 0 saturated carbocycles. The standard InChI is InChI=1S/C15H16FNO2/c1-10-3-6-14(17)15(7-10)19-9-11-4-5-12(18-2)8-13(11)16/h3-8H,9,17H2,1-2H3. The predicted octanol–water partition coefficient (Wildman–Crippen LogP) is 3.30. The molecule has 0 aromatic heterocycles. The topological polar surface area (TPSA) is 44.5 Å². The van der Waals surface area contributed by atoms with Crippen molar-refractivity contribution in [3.8, 4) is 11.5 Å². The SMILES string of the molecule is COc1ccc(COc2cc(C)ccc2N)c(F)c1. The Bertz CT molecular complexity index is 584. The van der Waals surface area contributed by atoms with Gasteiger partial charge >= 0.3 is 0 Å². The van der Waals surface area contributed by atoms with Crippen molar-refractivity contribution in [2.24, 2.45) is 0 Å². The molecule has 2 aromatic rings. The van der Waals surface area contributed by atoms with Crippen molar-refractivity contribution in [3.05, 3.63) is 53.3 Å². The van der Waals surface area contributed by atoms with Gasteiger partial charge in [-0.1, -0.05) is 6.07 Å². The van der Waals surface area contributed by atoms with Gasteiger partial charge in [-0.05, 0) is 36.8 Å². The largest absolute Gasteiger partial charge is 0.497 e. The van der Waals surface area contributed by atoms with E-state index in [-0.39, 0.29) is 12.4 Å². The van der Waals surface area contributed by atoms with Gasteiger partial charge < -0.3 is 15.2 Å². The zero-order chi connectivity index (χ0) is 13.8. The number of ether oxygens (including phenoxy) is 2. The van der Waals surface area contributed by atoms with Crippen LogP contribution in [0.15, 0.2) is 36.4 Å². The van der Waals surface area contributed by atoms with Crippen molar-refractivity contribution in [2.45, 2.75) is 13.5 Å². The van der Waals surface area contributed by atoms with Crippen molar-refractivity contribution >= 4 is 5.69 Å². The van der Waals surface area contributed by atoms with Crippen LogP contribution in [0.2, 0.25) is 0 Å². The lowest BCUT2D eigenvalue weighted by atomic mass is 10.2. The maximum absolute atomic E-state index is 13.7. The number of benzene rings is 2. The van der Waals surface area contributed by atoms with Gasteiger partial charge in [0.2, 0.25) is 0 Å². The Kier molecular flexibility index (Phi) is 3.90. The van der Waals surface area contributed by atoms with Gasteiger partial charge in [0.15, 0.2) is 0 Å². The van der Waals surface area contributed by atoms with Gasteiger partial charge in [0.05, 0.1) is 12.8 Å². The minimum Gasteiger partial charge on any atom is -0.497 e. The number of nitrogens with two attached hydrogens (primary N) is 1. The summed E-state index contributed by atoms with van der Waals surface area (Å²) in [5.74, 6) is 0.692. The molecule has 0 fully saturated rings. The fraction of sp³-hybridized carbons (Fsp3) is 0.200. The van der Waals surface area contributed by atoms with Crippen LogP contribution in [0.3, 0.4) is 0 Å². The van der Waals surface area contributed by atoms with Crippen LogP contribution in [0.4, 0.5) is 10.1 Å². The van der Waals surface area contributed by atoms with E-state index in [4.69, 9.17) is 15.2 Å². The van der Waals surface area contributed by atoms with E-state index in [1.54, 1.807) is 18.2 Å². The Morgan fingerprint density at radius 3 is 2.63 bits per heavy atom. The van der Waals surface area contributed by atoms with Crippen LogP contribution < -0.4 is 15.2 Å². The van der Waals surface area contributed by atoms with Crippen LogP contribution in [0.5, 0.6) is 11.5 Å². The molecule has 2 N–H and O–H groups in total. The summed E-state index contributed by atoms with van der Waals surface area (Å²) in [4.78, 5) is 0. The third-order valence-corrected chi connectivity index (χ3v) is 2.81. The fourth-order valence-electron chi connectivity index (χ4n) is 1.69. The highest BCUT2D eigenvalue weighted by Crippen LogP contribution is 2.24. The molecule has 0 radical (unpaired) electrons. The molecular formula is C15H16FNO2. The first kappa shape index (κ1) is 13.2. The molecule has 3 nitrogen and oxygen atoms in total. The van der Waals surface area contributed by atoms with Crippen LogP contribution in [0.1, 0.15) is 11.1 Å². The first-order chi connectivity index (χ1) is 9.10. The lowest BCUT2D eigenvalue weighted by Gasteiger charge is -2.11. The van der Waals surface area contributed by atoms with E-state index in [1.165, 1.54) is 13.2 Å². The molecule has 0 atom stereocenters. The average Bonchev–Trinajstić information content (AvgIpc) is 2.40. The number of halogens is 1. The van der Waals surface area contributed by atoms with Crippen molar-refractivity contribution in [1.82, 2.24) is 0 Å². The number of methoxy groups -OCH3 is 1. The van der Waals surface area contributed by atoms with Crippen LogP contribution in [0.25, 0.3) is 0 Å². The zero-order valence-electron chi connectivity index (χ0n) is 10.9. The molecule has 0 amide bonds.